The minimum atomic E-state index is 0.183. The summed E-state index contributed by atoms with van der Waals surface area (Å²) in [5.74, 6) is 1.53. The fourth-order valence-electron chi connectivity index (χ4n) is 3.77. The molecule has 0 bridgehead atoms. The van der Waals surface area contributed by atoms with Crippen molar-refractivity contribution in [1.82, 2.24) is 19.3 Å². The zero-order chi connectivity index (χ0) is 18.5. The Bertz CT molecular complexity index is 994. The number of aromatic nitrogens is 4. The van der Waals surface area contributed by atoms with Crippen LogP contribution in [0.5, 0.6) is 0 Å². The first kappa shape index (κ1) is 17.3. The molecule has 0 aromatic carbocycles. The largest absolute Gasteiger partial charge is 0.345 e. The van der Waals surface area contributed by atoms with Crippen molar-refractivity contribution < 1.29 is 4.79 Å². The maximum absolute atomic E-state index is 12.9. The molecule has 3 aromatic heterocycles. The molecule has 27 heavy (non-hydrogen) atoms. The summed E-state index contributed by atoms with van der Waals surface area (Å²) in [6.07, 6.45) is 4.80. The third-order valence-corrected chi connectivity index (χ3v) is 7.16. The fraction of sp³-hybridized carbons (Fsp3) is 0.450. The number of nitrogens with zero attached hydrogens (tertiary/aromatic N) is 4. The number of thiophene rings is 1. The van der Waals surface area contributed by atoms with Crippen LogP contribution in [-0.4, -0.2) is 30.9 Å². The Labute approximate surface area is 166 Å². The molecule has 0 N–H and O–H groups in total. The summed E-state index contributed by atoms with van der Waals surface area (Å²) in [4.78, 5) is 14.0. The summed E-state index contributed by atoms with van der Waals surface area (Å²) >= 11 is 3.20. The van der Waals surface area contributed by atoms with Gasteiger partial charge in [0.2, 0.25) is 0 Å². The molecule has 0 radical (unpaired) electrons. The highest BCUT2D eigenvalue weighted by atomic mass is 32.2. The first-order valence-electron chi connectivity index (χ1n) is 9.46. The Morgan fingerprint density at radius 1 is 1.19 bits per heavy atom. The van der Waals surface area contributed by atoms with Crippen LogP contribution in [0.3, 0.4) is 0 Å². The first-order valence-corrected chi connectivity index (χ1v) is 11.3. The van der Waals surface area contributed by atoms with Gasteiger partial charge in [-0.1, -0.05) is 17.8 Å². The maximum atomic E-state index is 12.9. The summed E-state index contributed by atoms with van der Waals surface area (Å²) < 4.78 is 4.57. The minimum absolute atomic E-state index is 0.183. The lowest BCUT2D eigenvalue weighted by Gasteiger charge is -2.08. The fourth-order valence-corrected chi connectivity index (χ4v) is 5.37. The quantitative estimate of drug-likeness (QED) is 0.412. The molecule has 7 heteroatoms. The van der Waals surface area contributed by atoms with E-state index < -0.39 is 0 Å². The number of aryl methyl sites for hydroxylation is 1. The van der Waals surface area contributed by atoms with Crippen LogP contribution in [0.1, 0.15) is 59.5 Å². The number of thioether (sulfide) groups is 1. The lowest BCUT2D eigenvalue weighted by molar-refractivity contribution is 0.102. The van der Waals surface area contributed by atoms with Gasteiger partial charge in [0.05, 0.1) is 10.6 Å². The van der Waals surface area contributed by atoms with Gasteiger partial charge in [0.25, 0.3) is 0 Å². The Morgan fingerprint density at radius 2 is 1.93 bits per heavy atom. The number of Topliss-reactive ketones (excluding diaryl/α,β-unsaturated/α-hetero) is 1. The van der Waals surface area contributed by atoms with Gasteiger partial charge in [-0.15, -0.1) is 21.5 Å². The van der Waals surface area contributed by atoms with Gasteiger partial charge in [0.1, 0.15) is 0 Å². The van der Waals surface area contributed by atoms with Crippen LogP contribution in [0.15, 0.2) is 28.7 Å². The van der Waals surface area contributed by atoms with Crippen molar-refractivity contribution in [2.75, 3.05) is 5.75 Å². The van der Waals surface area contributed by atoms with E-state index in [2.05, 4.69) is 50.7 Å². The van der Waals surface area contributed by atoms with E-state index in [0.717, 1.165) is 27.1 Å². The van der Waals surface area contributed by atoms with E-state index >= 15 is 0 Å². The average molecular weight is 399 g/mol. The lowest BCUT2D eigenvalue weighted by Crippen LogP contribution is -2.07. The van der Waals surface area contributed by atoms with Gasteiger partial charge < -0.3 is 4.57 Å². The topological polar surface area (TPSA) is 52.7 Å². The van der Waals surface area contributed by atoms with Crippen LogP contribution < -0.4 is 0 Å². The number of hydrogen-bond donors (Lipinski definition) is 0. The number of ketones is 1. The lowest BCUT2D eigenvalue weighted by atomic mass is 10.2. The molecule has 2 aliphatic rings. The van der Waals surface area contributed by atoms with E-state index in [4.69, 9.17) is 0 Å². The molecular weight excluding hydrogens is 376 g/mol. The van der Waals surface area contributed by atoms with E-state index in [-0.39, 0.29) is 5.78 Å². The molecule has 3 heterocycles. The third-order valence-electron chi connectivity index (χ3n) is 5.35. The van der Waals surface area contributed by atoms with Crippen LogP contribution >= 0.6 is 23.1 Å². The maximum Gasteiger partial charge on any atom is 0.192 e. The normalized spacial score (nSPS) is 16.8. The van der Waals surface area contributed by atoms with Gasteiger partial charge in [-0.25, -0.2) is 0 Å². The van der Waals surface area contributed by atoms with Crippen LogP contribution in [0, 0.1) is 13.8 Å². The number of carbonyl (C=O) groups excluding carboxylic acids is 1. The molecule has 2 aliphatic carbocycles. The predicted molar refractivity (Wildman–Crippen MR) is 109 cm³/mol. The van der Waals surface area contributed by atoms with Crippen LogP contribution in [-0.2, 0) is 0 Å². The van der Waals surface area contributed by atoms with Crippen LogP contribution in [0.2, 0.25) is 0 Å². The van der Waals surface area contributed by atoms with E-state index in [1.165, 1.54) is 43.1 Å². The second kappa shape index (κ2) is 6.63. The van der Waals surface area contributed by atoms with Gasteiger partial charge in [0.15, 0.2) is 16.8 Å². The molecule has 0 unspecified atom stereocenters. The molecule has 0 amide bonds. The molecule has 2 saturated carbocycles. The first-order chi connectivity index (χ1) is 13.1. The highest BCUT2D eigenvalue weighted by molar-refractivity contribution is 7.99. The van der Waals surface area contributed by atoms with Gasteiger partial charge in [0, 0.05) is 29.0 Å². The Morgan fingerprint density at radius 3 is 2.59 bits per heavy atom. The summed E-state index contributed by atoms with van der Waals surface area (Å²) in [6, 6.07) is 7.26. The summed E-state index contributed by atoms with van der Waals surface area (Å²) in [7, 11) is 0. The van der Waals surface area contributed by atoms with E-state index in [0.29, 0.717) is 17.8 Å². The Kier molecular flexibility index (Phi) is 4.24. The monoisotopic (exact) mass is 398 g/mol. The van der Waals surface area contributed by atoms with E-state index in [9.17, 15) is 4.79 Å². The number of hydrogen-bond acceptors (Lipinski definition) is 5. The van der Waals surface area contributed by atoms with Crippen LogP contribution in [0.25, 0.3) is 10.7 Å². The van der Waals surface area contributed by atoms with Crippen molar-refractivity contribution in [3.8, 4) is 10.7 Å². The molecule has 0 atom stereocenters. The van der Waals surface area contributed by atoms with Gasteiger partial charge in [-0.2, -0.15) is 0 Å². The van der Waals surface area contributed by atoms with Crippen molar-refractivity contribution in [3.63, 3.8) is 0 Å². The number of rotatable bonds is 7. The zero-order valence-electron chi connectivity index (χ0n) is 15.5. The molecule has 0 spiro atoms. The Hall–Kier alpha value is -1.86. The molecule has 5 rings (SSSR count). The average Bonchev–Trinajstić information content (AvgIpc) is 3.55. The Balaban J connectivity index is 1.36. The molecule has 2 fully saturated rings. The van der Waals surface area contributed by atoms with Crippen LogP contribution in [0.4, 0.5) is 0 Å². The zero-order valence-corrected chi connectivity index (χ0v) is 17.1. The number of carbonyl (C=O) groups is 1. The summed E-state index contributed by atoms with van der Waals surface area (Å²) in [5.41, 5.74) is 3.18. The molecule has 140 valence electrons. The highest BCUT2D eigenvalue weighted by Gasteiger charge is 2.31. The minimum Gasteiger partial charge on any atom is -0.345 e. The molecular formula is C20H22N4OS2. The molecule has 0 aliphatic heterocycles. The SMILES string of the molecule is Cc1cc(C(=O)CSc2nnc(-c3cccs3)n2C2CC2)c(C)n1C1CC1. The van der Waals surface area contributed by atoms with Gasteiger partial charge in [-0.05, 0) is 57.0 Å². The second-order valence-electron chi connectivity index (χ2n) is 7.48. The highest BCUT2D eigenvalue weighted by Crippen LogP contribution is 2.42. The van der Waals surface area contributed by atoms with Crippen molar-refractivity contribution in [1.29, 1.82) is 0 Å². The molecule has 3 aromatic rings. The standard InChI is InChI=1S/C20H22N4OS2/c1-12-10-16(13(2)23(12)14-5-6-14)17(25)11-27-20-22-21-19(18-4-3-9-26-18)24(20)15-7-8-15/h3-4,9-10,14-15H,5-8,11H2,1-2H3. The van der Waals surface area contributed by atoms with Crippen molar-refractivity contribution in [2.24, 2.45) is 0 Å². The van der Waals surface area contributed by atoms with E-state index in [1.807, 2.05) is 6.07 Å². The smallest absolute Gasteiger partial charge is 0.192 e. The predicted octanol–water partition coefficient (Wildman–Crippen LogP) is 5.07. The summed E-state index contributed by atoms with van der Waals surface area (Å²) in [6.45, 7) is 4.18. The third kappa shape index (κ3) is 3.17. The molecule has 0 saturated heterocycles. The van der Waals surface area contributed by atoms with Gasteiger partial charge in [-0.3, -0.25) is 9.36 Å². The van der Waals surface area contributed by atoms with Gasteiger partial charge >= 0.3 is 0 Å². The van der Waals surface area contributed by atoms with Crippen molar-refractivity contribution in [3.05, 3.63) is 40.5 Å². The van der Waals surface area contributed by atoms with E-state index in [1.54, 1.807) is 11.3 Å². The summed E-state index contributed by atoms with van der Waals surface area (Å²) in [5, 5.41) is 11.8. The van der Waals surface area contributed by atoms with Crippen molar-refractivity contribution >= 4 is 28.9 Å². The second-order valence-corrected chi connectivity index (χ2v) is 9.37. The molecule has 5 nitrogen and oxygen atoms in total. The van der Waals surface area contributed by atoms with Crippen molar-refractivity contribution in [2.45, 2.75) is 56.8 Å².